The van der Waals surface area contributed by atoms with E-state index in [1.807, 2.05) is 0 Å². The molecule has 0 aromatic heterocycles. The van der Waals surface area contributed by atoms with E-state index in [0.717, 1.165) is 12.8 Å². The van der Waals surface area contributed by atoms with Gasteiger partial charge in [0.25, 0.3) is 6.43 Å². The molecule has 1 aliphatic rings. The van der Waals surface area contributed by atoms with Crippen molar-refractivity contribution in [3.8, 4) is 0 Å². The molecule has 0 amide bonds. The Balaban J connectivity index is 1.95. The van der Waals surface area contributed by atoms with Gasteiger partial charge in [-0.15, -0.1) is 0 Å². The monoisotopic (exact) mass is 207 g/mol. The molecule has 0 radical (unpaired) electrons. The Morgan fingerprint density at radius 1 is 1.57 bits per heavy atom. The van der Waals surface area contributed by atoms with E-state index in [1.54, 1.807) is 0 Å². The summed E-state index contributed by atoms with van der Waals surface area (Å²) < 4.78 is 27.8. The Kier molecular flexibility index (Phi) is 4.58. The number of nitrogens with one attached hydrogen (secondary N) is 1. The first kappa shape index (κ1) is 11.2. The van der Waals surface area contributed by atoms with Gasteiger partial charge in [-0.1, -0.05) is 0 Å². The topological polar surface area (TPSA) is 59.6 Å². The van der Waals surface area contributed by atoms with Gasteiger partial charge in [0, 0.05) is 6.04 Å². The predicted molar refractivity (Wildman–Crippen MR) is 49.5 cm³/mol. The molecular weight excluding hydrogens is 192 g/mol. The molecule has 0 heterocycles. The first-order valence-corrected chi connectivity index (χ1v) is 4.61. The van der Waals surface area contributed by atoms with Gasteiger partial charge in [-0.3, -0.25) is 4.99 Å². The van der Waals surface area contributed by atoms with Gasteiger partial charge < -0.3 is 15.8 Å². The van der Waals surface area contributed by atoms with Crippen LogP contribution in [-0.2, 0) is 4.74 Å². The highest BCUT2D eigenvalue weighted by Crippen LogP contribution is 2.17. The average Bonchev–Trinajstić information content (AvgIpc) is 2.87. The van der Waals surface area contributed by atoms with Crippen LogP contribution in [0.3, 0.4) is 0 Å². The van der Waals surface area contributed by atoms with Crippen LogP contribution in [0.5, 0.6) is 0 Å². The van der Waals surface area contributed by atoms with Gasteiger partial charge in [-0.05, 0) is 12.8 Å². The number of rotatable bonds is 6. The maximum Gasteiger partial charge on any atom is 0.261 e. The summed E-state index contributed by atoms with van der Waals surface area (Å²) in [5.41, 5.74) is 5.49. The molecule has 0 aromatic carbocycles. The van der Waals surface area contributed by atoms with Gasteiger partial charge in [-0.25, -0.2) is 8.78 Å². The Labute approximate surface area is 81.5 Å². The van der Waals surface area contributed by atoms with Gasteiger partial charge in [0.05, 0.1) is 13.2 Å². The lowest BCUT2D eigenvalue weighted by atomic mass is 10.6. The number of hydrogen-bond acceptors (Lipinski definition) is 2. The van der Waals surface area contributed by atoms with E-state index >= 15 is 0 Å². The minimum Gasteiger partial charge on any atom is -0.374 e. The number of guanidine groups is 1. The van der Waals surface area contributed by atoms with Crippen LogP contribution in [0.25, 0.3) is 0 Å². The molecule has 0 spiro atoms. The fraction of sp³-hybridized carbons (Fsp3) is 0.875. The molecule has 1 aliphatic carbocycles. The lowest BCUT2D eigenvalue weighted by Gasteiger charge is -2.03. The number of nitrogens with two attached hydrogens (primary N) is 1. The molecule has 0 aliphatic heterocycles. The van der Waals surface area contributed by atoms with Gasteiger partial charge in [0.1, 0.15) is 6.61 Å². The lowest BCUT2D eigenvalue weighted by Crippen LogP contribution is -2.33. The van der Waals surface area contributed by atoms with Crippen molar-refractivity contribution in [3.05, 3.63) is 0 Å². The molecule has 1 rings (SSSR count). The SMILES string of the molecule is NC(=NCCOCC(F)F)NC1CC1. The zero-order valence-electron chi connectivity index (χ0n) is 7.88. The molecule has 82 valence electrons. The second kappa shape index (κ2) is 5.74. The van der Waals surface area contributed by atoms with E-state index in [4.69, 9.17) is 5.73 Å². The Bertz CT molecular complexity index is 195. The van der Waals surface area contributed by atoms with E-state index < -0.39 is 13.0 Å². The predicted octanol–water partition coefficient (Wildman–Crippen LogP) is 0.335. The highest BCUT2D eigenvalue weighted by Gasteiger charge is 2.21. The zero-order chi connectivity index (χ0) is 10.4. The molecule has 4 nitrogen and oxygen atoms in total. The number of alkyl halides is 2. The Hall–Kier alpha value is -0.910. The molecule has 1 saturated carbocycles. The summed E-state index contributed by atoms with van der Waals surface area (Å²) in [4.78, 5) is 3.91. The van der Waals surface area contributed by atoms with Crippen molar-refractivity contribution in [3.63, 3.8) is 0 Å². The lowest BCUT2D eigenvalue weighted by molar-refractivity contribution is 0.0207. The molecule has 0 bridgehead atoms. The van der Waals surface area contributed by atoms with Crippen molar-refractivity contribution in [1.82, 2.24) is 5.32 Å². The van der Waals surface area contributed by atoms with Crippen LogP contribution in [0.2, 0.25) is 0 Å². The van der Waals surface area contributed by atoms with Crippen LogP contribution in [0.4, 0.5) is 8.78 Å². The molecule has 0 unspecified atom stereocenters. The third kappa shape index (κ3) is 5.69. The summed E-state index contributed by atoms with van der Waals surface area (Å²) in [6.07, 6.45) is -0.170. The van der Waals surface area contributed by atoms with E-state index in [9.17, 15) is 8.78 Å². The van der Waals surface area contributed by atoms with E-state index in [1.165, 1.54) is 0 Å². The fourth-order valence-electron chi connectivity index (χ4n) is 0.886. The first-order chi connectivity index (χ1) is 6.68. The van der Waals surface area contributed by atoms with Crippen LogP contribution in [0.15, 0.2) is 4.99 Å². The number of halogens is 2. The zero-order valence-corrected chi connectivity index (χ0v) is 7.88. The van der Waals surface area contributed by atoms with Gasteiger partial charge in [-0.2, -0.15) is 0 Å². The maximum absolute atomic E-state index is 11.6. The van der Waals surface area contributed by atoms with Crippen LogP contribution < -0.4 is 11.1 Å². The van der Waals surface area contributed by atoms with E-state index in [2.05, 4.69) is 15.0 Å². The highest BCUT2D eigenvalue weighted by atomic mass is 19.3. The molecule has 0 atom stereocenters. The average molecular weight is 207 g/mol. The second-order valence-electron chi connectivity index (χ2n) is 3.15. The molecule has 1 fully saturated rings. The van der Waals surface area contributed by atoms with Crippen molar-refractivity contribution in [2.24, 2.45) is 10.7 Å². The summed E-state index contributed by atoms with van der Waals surface area (Å²) in [6.45, 7) is -0.0405. The maximum atomic E-state index is 11.6. The van der Waals surface area contributed by atoms with E-state index in [-0.39, 0.29) is 6.61 Å². The third-order valence-electron chi connectivity index (χ3n) is 1.69. The van der Waals surface area contributed by atoms with Crippen molar-refractivity contribution in [2.75, 3.05) is 19.8 Å². The van der Waals surface area contributed by atoms with Crippen LogP contribution in [-0.4, -0.2) is 38.2 Å². The smallest absolute Gasteiger partial charge is 0.261 e. The highest BCUT2D eigenvalue weighted by molar-refractivity contribution is 5.78. The molecular formula is C8H15F2N3O. The Morgan fingerprint density at radius 3 is 2.86 bits per heavy atom. The van der Waals surface area contributed by atoms with Gasteiger partial charge in [0.2, 0.25) is 0 Å². The minimum absolute atomic E-state index is 0.178. The van der Waals surface area contributed by atoms with Crippen molar-refractivity contribution >= 4 is 5.96 Å². The Morgan fingerprint density at radius 2 is 2.29 bits per heavy atom. The summed E-state index contributed by atoms with van der Waals surface area (Å²) in [6, 6.07) is 0.459. The normalized spacial score (nSPS) is 17.5. The first-order valence-electron chi connectivity index (χ1n) is 4.61. The fourth-order valence-corrected chi connectivity index (χ4v) is 0.886. The second-order valence-corrected chi connectivity index (χ2v) is 3.15. The largest absolute Gasteiger partial charge is 0.374 e. The number of ether oxygens (including phenoxy) is 1. The molecule has 0 saturated heterocycles. The van der Waals surface area contributed by atoms with Crippen molar-refractivity contribution in [2.45, 2.75) is 25.3 Å². The minimum atomic E-state index is -2.42. The van der Waals surface area contributed by atoms with Gasteiger partial charge >= 0.3 is 0 Å². The van der Waals surface area contributed by atoms with Crippen molar-refractivity contribution in [1.29, 1.82) is 0 Å². The number of hydrogen-bond donors (Lipinski definition) is 2. The van der Waals surface area contributed by atoms with Gasteiger partial charge in [0.15, 0.2) is 5.96 Å². The summed E-state index contributed by atoms with van der Waals surface area (Å²) in [7, 11) is 0. The molecule has 0 aromatic rings. The van der Waals surface area contributed by atoms with Crippen molar-refractivity contribution < 1.29 is 13.5 Å². The summed E-state index contributed by atoms with van der Waals surface area (Å²) in [5.74, 6) is 0.369. The standard InChI is InChI=1S/C8H15F2N3O/c9-7(10)5-14-4-3-12-8(11)13-6-1-2-6/h6-7H,1-5H2,(H3,11,12,13). The summed E-state index contributed by atoms with van der Waals surface area (Å²) in [5, 5.41) is 2.98. The molecule has 3 N–H and O–H groups in total. The van der Waals surface area contributed by atoms with Crippen LogP contribution in [0, 0.1) is 0 Å². The van der Waals surface area contributed by atoms with Crippen LogP contribution in [0.1, 0.15) is 12.8 Å². The number of nitrogens with zero attached hydrogens (tertiary/aromatic N) is 1. The quantitative estimate of drug-likeness (QED) is 0.375. The van der Waals surface area contributed by atoms with E-state index in [0.29, 0.717) is 18.5 Å². The third-order valence-corrected chi connectivity index (χ3v) is 1.69. The summed E-state index contributed by atoms with van der Waals surface area (Å²) >= 11 is 0. The van der Waals surface area contributed by atoms with Crippen LogP contribution >= 0.6 is 0 Å². The molecule has 6 heteroatoms. The molecule has 14 heavy (non-hydrogen) atoms. The number of aliphatic imine (C=N–C) groups is 1.